The Morgan fingerprint density at radius 2 is 2.21 bits per heavy atom. The van der Waals surface area contributed by atoms with Gasteiger partial charge in [0.15, 0.2) is 0 Å². The zero-order chi connectivity index (χ0) is 14.0. The van der Waals surface area contributed by atoms with Crippen LogP contribution in [0.2, 0.25) is 0 Å². The summed E-state index contributed by atoms with van der Waals surface area (Å²) < 4.78 is 32.8. The van der Waals surface area contributed by atoms with Crippen molar-refractivity contribution in [1.29, 1.82) is 0 Å². The summed E-state index contributed by atoms with van der Waals surface area (Å²) in [7, 11) is -3.54. The molecular weight excluding hydrogens is 264 g/mol. The molecular formula is C13H20N2O3S. The van der Waals surface area contributed by atoms with Gasteiger partial charge < -0.3 is 10.1 Å². The third-order valence-corrected chi connectivity index (χ3v) is 4.46. The van der Waals surface area contributed by atoms with Crippen LogP contribution in [0.5, 0.6) is 5.75 Å². The lowest BCUT2D eigenvalue weighted by Crippen LogP contribution is -2.34. The Hall–Kier alpha value is -1.27. The first-order valence-corrected chi connectivity index (χ1v) is 7.90. The quantitative estimate of drug-likeness (QED) is 0.888. The van der Waals surface area contributed by atoms with Crippen molar-refractivity contribution in [3.05, 3.63) is 18.2 Å². The van der Waals surface area contributed by atoms with Gasteiger partial charge in [0.05, 0.1) is 11.7 Å². The zero-order valence-electron chi connectivity index (χ0n) is 11.4. The SMILES string of the molecule is CC(C)CNc1cccc2c1S(=O)(=O)N[C@@H](C)CO2. The normalized spacial score (nSPS) is 21.4. The highest BCUT2D eigenvalue weighted by molar-refractivity contribution is 7.89. The molecule has 0 saturated heterocycles. The molecule has 0 fully saturated rings. The fourth-order valence-electron chi connectivity index (χ4n) is 1.93. The molecule has 1 aromatic rings. The van der Waals surface area contributed by atoms with Crippen LogP contribution in [0.1, 0.15) is 20.8 Å². The summed E-state index contributed by atoms with van der Waals surface area (Å²) in [6.45, 7) is 6.96. The van der Waals surface area contributed by atoms with E-state index >= 15 is 0 Å². The van der Waals surface area contributed by atoms with Crippen LogP contribution in [0.4, 0.5) is 5.69 Å². The summed E-state index contributed by atoms with van der Waals surface area (Å²) >= 11 is 0. The minimum absolute atomic E-state index is 0.208. The van der Waals surface area contributed by atoms with Crippen molar-refractivity contribution < 1.29 is 13.2 Å². The summed E-state index contributed by atoms with van der Waals surface area (Å²) in [6.07, 6.45) is 0. The molecule has 1 aromatic carbocycles. The van der Waals surface area contributed by atoms with Crippen molar-refractivity contribution >= 4 is 15.7 Å². The summed E-state index contributed by atoms with van der Waals surface area (Å²) in [4.78, 5) is 0.208. The molecule has 0 amide bonds. The van der Waals surface area contributed by atoms with Gasteiger partial charge in [0.1, 0.15) is 17.3 Å². The number of benzene rings is 1. The highest BCUT2D eigenvalue weighted by atomic mass is 32.2. The van der Waals surface area contributed by atoms with Crippen molar-refractivity contribution in [3.63, 3.8) is 0 Å². The molecule has 1 aliphatic heterocycles. The maximum absolute atomic E-state index is 12.3. The molecule has 19 heavy (non-hydrogen) atoms. The Kier molecular flexibility index (Phi) is 4.01. The molecule has 1 heterocycles. The van der Waals surface area contributed by atoms with Gasteiger partial charge in [0, 0.05) is 6.54 Å². The van der Waals surface area contributed by atoms with Gasteiger partial charge in [-0.15, -0.1) is 0 Å². The molecule has 0 saturated carbocycles. The van der Waals surface area contributed by atoms with E-state index in [4.69, 9.17) is 4.74 Å². The minimum Gasteiger partial charge on any atom is -0.490 e. The van der Waals surface area contributed by atoms with Gasteiger partial charge in [-0.2, -0.15) is 0 Å². The van der Waals surface area contributed by atoms with E-state index in [-0.39, 0.29) is 10.9 Å². The molecule has 1 atom stereocenters. The summed E-state index contributed by atoms with van der Waals surface area (Å²) in [5.74, 6) is 0.836. The summed E-state index contributed by atoms with van der Waals surface area (Å²) in [5, 5.41) is 3.17. The molecule has 0 aromatic heterocycles. The predicted molar refractivity (Wildman–Crippen MR) is 75.0 cm³/mol. The highest BCUT2D eigenvalue weighted by Gasteiger charge is 2.29. The first kappa shape index (κ1) is 14.1. The van der Waals surface area contributed by atoms with Crippen LogP contribution in [0, 0.1) is 5.92 Å². The second-order valence-corrected chi connectivity index (χ2v) is 6.89. The Balaban J connectivity index is 2.44. The van der Waals surface area contributed by atoms with Crippen LogP contribution in [0.15, 0.2) is 23.1 Å². The predicted octanol–water partition coefficient (Wildman–Crippen LogP) is 1.81. The van der Waals surface area contributed by atoms with Gasteiger partial charge in [-0.1, -0.05) is 19.9 Å². The van der Waals surface area contributed by atoms with Crippen LogP contribution < -0.4 is 14.8 Å². The van der Waals surface area contributed by atoms with Crippen molar-refractivity contribution in [3.8, 4) is 5.75 Å². The Labute approximate surface area is 114 Å². The largest absolute Gasteiger partial charge is 0.490 e. The van der Waals surface area contributed by atoms with E-state index in [2.05, 4.69) is 23.9 Å². The lowest BCUT2D eigenvalue weighted by atomic mass is 10.2. The van der Waals surface area contributed by atoms with Gasteiger partial charge in [-0.25, -0.2) is 13.1 Å². The smallest absolute Gasteiger partial charge is 0.246 e. The maximum atomic E-state index is 12.3. The van der Waals surface area contributed by atoms with Gasteiger partial charge in [0.25, 0.3) is 0 Å². The third kappa shape index (κ3) is 3.19. The molecule has 0 spiro atoms. The molecule has 0 radical (unpaired) electrons. The highest BCUT2D eigenvalue weighted by Crippen LogP contribution is 2.33. The first-order chi connectivity index (χ1) is 8.90. The number of fused-ring (bicyclic) bond motifs is 1. The summed E-state index contributed by atoms with van der Waals surface area (Å²) in [6, 6.07) is 5.01. The van der Waals surface area contributed by atoms with E-state index in [1.54, 1.807) is 25.1 Å². The average molecular weight is 284 g/mol. The van der Waals surface area contributed by atoms with Gasteiger partial charge >= 0.3 is 0 Å². The third-order valence-electron chi connectivity index (χ3n) is 2.79. The van der Waals surface area contributed by atoms with Crippen LogP contribution in [0.3, 0.4) is 0 Å². The van der Waals surface area contributed by atoms with Gasteiger partial charge in [-0.05, 0) is 25.0 Å². The zero-order valence-corrected chi connectivity index (χ0v) is 12.3. The van der Waals surface area contributed by atoms with Gasteiger partial charge in [-0.3, -0.25) is 0 Å². The number of anilines is 1. The molecule has 106 valence electrons. The maximum Gasteiger partial charge on any atom is 0.246 e. The second kappa shape index (κ2) is 5.38. The molecule has 2 rings (SSSR count). The molecule has 0 aliphatic carbocycles. The van der Waals surface area contributed by atoms with E-state index in [0.29, 0.717) is 30.5 Å². The molecule has 0 bridgehead atoms. The van der Waals surface area contributed by atoms with E-state index in [1.807, 2.05) is 0 Å². The van der Waals surface area contributed by atoms with Crippen LogP contribution in [-0.4, -0.2) is 27.6 Å². The molecule has 6 heteroatoms. The fraction of sp³-hybridized carbons (Fsp3) is 0.538. The monoisotopic (exact) mass is 284 g/mol. The van der Waals surface area contributed by atoms with Crippen molar-refractivity contribution in [1.82, 2.24) is 4.72 Å². The number of nitrogens with one attached hydrogen (secondary N) is 2. The molecule has 1 aliphatic rings. The van der Waals surface area contributed by atoms with Crippen molar-refractivity contribution in [2.75, 3.05) is 18.5 Å². The van der Waals surface area contributed by atoms with E-state index in [0.717, 1.165) is 0 Å². The average Bonchev–Trinajstić information content (AvgIpc) is 2.43. The van der Waals surface area contributed by atoms with E-state index < -0.39 is 10.0 Å². The number of ether oxygens (including phenoxy) is 1. The lowest BCUT2D eigenvalue weighted by Gasteiger charge is -2.15. The number of hydrogen-bond acceptors (Lipinski definition) is 4. The lowest BCUT2D eigenvalue weighted by molar-refractivity contribution is 0.288. The Morgan fingerprint density at radius 3 is 2.89 bits per heavy atom. The fourth-order valence-corrected chi connectivity index (χ4v) is 3.47. The Morgan fingerprint density at radius 1 is 1.47 bits per heavy atom. The second-order valence-electron chi connectivity index (χ2n) is 5.24. The van der Waals surface area contributed by atoms with E-state index in [9.17, 15) is 8.42 Å². The molecule has 2 N–H and O–H groups in total. The van der Waals surface area contributed by atoms with Crippen molar-refractivity contribution in [2.24, 2.45) is 5.92 Å². The standard InChI is InChI=1S/C13H20N2O3S/c1-9(2)7-14-11-5-4-6-12-13(11)19(16,17)15-10(3)8-18-12/h4-6,9-10,14-15H,7-8H2,1-3H3/t10-/m0/s1. The Bertz CT molecular complexity index is 555. The van der Waals surface area contributed by atoms with Crippen LogP contribution in [-0.2, 0) is 10.0 Å². The number of hydrogen-bond donors (Lipinski definition) is 2. The van der Waals surface area contributed by atoms with E-state index in [1.165, 1.54) is 0 Å². The van der Waals surface area contributed by atoms with Crippen LogP contribution in [0.25, 0.3) is 0 Å². The van der Waals surface area contributed by atoms with Crippen LogP contribution >= 0.6 is 0 Å². The summed E-state index contributed by atoms with van der Waals surface area (Å²) in [5.41, 5.74) is 0.591. The number of rotatable bonds is 3. The van der Waals surface area contributed by atoms with Crippen molar-refractivity contribution in [2.45, 2.75) is 31.7 Å². The molecule has 0 unspecified atom stereocenters. The van der Waals surface area contributed by atoms with Gasteiger partial charge in [0.2, 0.25) is 10.0 Å². The topological polar surface area (TPSA) is 67.4 Å². The first-order valence-electron chi connectivity index (χ1n) is 6.42. The minimum atomic E-state index is -3.54. The molecule has 5 nitrogen and oxygen atoms in total. The number of sulfonamides is 1.